The number of hydrogen-bond donors (Lipinski definition) is 3. The number of rotatable bonds is 2. The number of nitrogens with one attached hydrogen (secondary N) is 3. The third-order valence-electron chi connectivity index (χ3n) is 4.07. The van der Waals surface area contributed by atoms with Crippen molar-refractivity contribution >= 4 is 16.8 Å². The summed E-state index contributed by atoms with van der Waals surface area (Å²) in [6, 6.07) is 8.04. The number of aromatic nitrogens is 2. The van der Waals surface area contributed by atoms with Gasteiger partial charge < -0.3 is 10.6 Å². The lowest BCUT2D eigenvalue weighted by molar-refractivity contribution is 0.0943. The van der Waals surface area contributed by atoms with Gasteiger partial charge in [0.25, 0.3) is 5.91 Å². The Balaban J connectivity index is 1.57. The van der Waals surface area contributed by atoms with Crippen molar-refractivity contribution in [2.75, 3.05) is 13.1 Å². The van der Waals surface area contributed by atoms with Crippen LogP contribution in [0.2, 0.25) is 0 Å². The third kappa shape index (κ3) is 1.37. The molecule has 2 atom stereocenters. The van der Waals surface area contributed by atoms with Crippen molar-refractivity contribution in [2.45, 2.75) is 6.04 Å². The molecule has 92 valence electrons. The minimum absolute atomic E-state index is 0.0631. The normalized spacial score (nSPS) is 29.2. The molecule has 1 amide bonds. The summed E-state index contributed by atoms with van der Waals surface area (Å²) < 4.78 is 0. The molecule has 2 heterocycles. The molecule has 2 aliphatic rings. The molecule has 1 aliphatic carbocycles. The van der Waals surface area contributed by atoms with Crippen molar-refractivity contribution in [3.05, 3.63) is 30.0 Å². The van der Waals surface area contributed by atoms with Gasteiger partial charge >= 0.3 is 0 Å². The van der Waals surface area contributed by atoms with E-state index >= 15 is 0 Å². The van der Waals surface area contributed by atoms with Crippen molar-refractivity contribution in [3.63, 3.8) is 0 Å². The Morgan fingerprint density at radius 2 is 2.06 bits per heavy atom. The lowest BCUT2D eigenvalue weighted by Crippen LogP contribution is -2.32. The number of carbonyl (C=O) groups is 1. The largest absolute Gasteiger partial charge is 0.347 e. The van der Waals surface area contributed by atoms with E-state index in [1.807, 2.05) is 24.3 Å². The highest BCUT2D eigenvalue weighted by Crippen LogP contribution is 2.41. The van der Waals surface area contributed by atoms with Crippen LogP contribution in [0.1, 0.15) is 10.5 Å². The lowest BCUT2D eigenvalue weighted by Gasteiger charge is -2.06. The monoisotopic (exact) mass is 242 g/mol. The maximum Gasteiger partial charge on any atom is 0.272 e. The van der Waals surface area contributed by atoms with Crippen LogP contribution in [-0.4, -0.2) is 35.2 Å². The van der Waals surface area contributed by atoms with Crippen LogP contribution in [0, 0.1) is 11.8 Å². The zero-order valence-electron chi connectivity index (χ0n) is 9.81. The number of piperidine rings is 1. The predicted octanol–water partition coefficient (Wildman–Crippen LogP) is 0.511. The summed E-state index contributed by atoms with van der Waals surface area (Å²) in [7, 11) is 0. The van der Waals surface area contributed by atoms with Gasteiger partial charge in [-0.2, -0.15) is 5.10 Å². The van der Waals surface area contributed by atoms with E-state index in [4.69, 9.17) is 0 Å². The number of aromatic amines is 1. The second-order valence-corrected chi connectivity index (χ2v) is 5.10. The highest BCUT2D eigenvalue weighted by atomic mass is 16.2. The number of amides is 1. The average Bonchev–Trinajstić information content (AvgIpc) is 2.84. The number of nitrogens with zero attached hydrogens (tertiary/aromatic N) is 1. The Morgan fingerprint density at radius 3 is 2.89 bits per heavy atom. The molecule has 1 aromatic heterocycles. The molecule has 2 unspecified atom stereocenters. The van der Waals surface area contributed by atoms with Crippen LogP contribution >= 0.6 is 0 Å². The maximum absolute atomic E-state index is 12.2. The molecule has 2 fully saturated rings. The molecular formula is C13H14N4O. The summed E-state index contributed by atoms with van der Waals surface area (Å²) in [6.45, 7) is 2.05. The second-order valence-electron chi connectivity index (χ2n) is 5.10. The fourth-order valence-corrected chi connectivity index (χ4v) is 2.99. The van der Waals surface area contributed by atoms with Gasteiger partial charge in [-0.1, -0.05) is 18.2 Å². The Kier molecular flexibility index (Phi) is 1.99. The molecule has 0 bridgehead atoms. The molecule has 1 aromatic carbocycles. The molecule has 0 radical (unpaired) electrons. The number of hydrogen-bond acceptors (Lipinski definition) is 3. The van der Waals surface area contributed by atoms with Crippen LogP contribution in [0.15, 0.2) is 24.3 Å². The number of fused-ring (bicyclic) bond motifs is 2. The number of para-hydroxylation sites is 1. The lowest BCUT2D eigenvalue weighted by atomic mass is 10.2. The SMILES string of the molecule is O=C(NC1C2CNCC21)c1n[nH]c2ccccc12. The van der Waals surface area contributed by atoms with E-state index in [9.17, 15) is 4.79 Å². The Morgan fingerprint density at radius 1 is 1.28 bits per heavy atom. The van der Waals surface area contributed by atoms with Gasteiger partial charge in [-0.05, 0) is 17.9 Å². The van der Waals surface area contributed by atoms with Crippen LogP contribution < -0.4 is 10.6 Å². The van der Waals surface area contributed by atoms with Gasteiger partial charge in [0.1, 0.15) is 0 Å². The first-order valence-electron chi connectivity index (χ1n) is 6.29. The zero-order chi connectivity index (χ0) is 12.1. The first-order chi connectivity index (χ1) is 8.84. The number of carbonyl (C=O) groups excluding carboxylic acids is 1. The van der Waals surface area contributed by atoms with Crippen molar-refractivity contribution in [1.82, 2.24) is 20.8 Å². The first kappa shape index (κ1) is 10.1. The quantitative estimate of drug-likeness (QED) is 0.718. The highest BCUT2D eigenvalue weighted by molar-refractivity contribution is 6.04. The van der Waals surface area contributed by atoms with Gasteiger partial charge in [-0.15, -0.1) is 0 Å². The standard InChI is InChI=1S/C13H14N4O/c18-13(15-11-8-5-14-6-9(8)11)12-7-3-1-2-4-10(7)16-17-12/h1-4,8-9,11,14H,5-6H2,(H,15,18)(H,16,17). The third-order valence-corrected chi connectivity index (χ3v) is 4.07. The molecule has 5 nitrogen and oxygen atoms in total. The second kappa shape index (κ2) is 3.55. The summed E-state index contributed by atoms with van der Waals surface area (Å²) in [6.07, 6.45) is 0. The topological polar surface area (TPSA) is 69.8 Å². The molecule has 3 N–H and O–H groups in total. The molecule has 1 saturated heterocycles. The van der Waals surface area contributed by atoms with Crippen LogP contribution in [0.5, 0.6) is 0 Å². The van der Waals surface area contributed by atoms with Crippen LogP contribution in [0.25, 0.3) is 10.9 Å². The predicted molar refractivity (Wildman–Crippen MR) is 67.2 cm³/mol. The van der Waals surface area contributed by atoms with Gasteiger partial charge in [0.15, 0.2) is 5.69 Å². The minimum Gasteiger partial charge on any atom is -0.347 e. The fraction of sp³-hybridized carbons (Fsp3) is 0.385. The summed E-state index contributed by atoms with van der Waals surface area (Å²) in [5.41, 5.74) is 1.41. The van der Waals surface area contributed by atoms with Gasteiger partial charge in [-0.3, -0.25) is 9.89 Å². The number of benzene rings is 1. The minimum atomic E-state index is -0.0631. The molecule has 0 spiro atoms. The van der Waals surface area contributed by atoms with Crippen molar-refractivity contribution in [3.8, 4) is 0 Å². The molecule has 5 heteroatoms. The molecular weight excluding hydrogens is 228 g/mol. The molecule has 18 heavy (non-hydrogen) atoms. The van der Waals surface area contributed by atoms with E-state index in [1.165, 1.54) is 0 Å². The Hall–Kier alpha value is -1.88. The van der Waals surface area contributed by atoms with Gasteiger partial charge in [-0.25, -0.2) is 0 Å². The summed E-state index contributed by atoms with van der Waals surface area (Å²) >= 11 is 0. The van der Waals surface area contributed by atoms with Crippen molar-refractivity contribution < 1.29 is 4.79 Å². The Labute approximate surface area is 104 Å². The van der Waals surface area contributed by atoms with Crippen LogP contribution in [0.3, 0.4) is 0 Å². The average molecular weight is 242 g/mol. The smallest absolute Gasteiger partial charge is 0.272 e. The molecule has 1 saturated carbocycles. The van der Waals surface area contributed by atoms with E-state index in [0.29, 0.717) is 23.6 Å². The summed E-state index contributed by atoms with van der Waals surface area (Å²) in [5.74, 6) is 1.19. The first-order valence-corrected chi connectivity index (χ1v) is 6.29. The number of H-pyrrole nitrogens is 1. The van der Waals surface area contributed by atoms with Gasteiger partial charge in [0.2, 0.25) is 0 Å². The molecule has 4 rings (SSSR count). The summed E-state index contributed by atoms with van der Waals surface area (Å²) in [5, 5.41) is 14.3. The molecule has 2 aromatic rings. The zero-order valence-corrected chi connectivity index (χ0v) is 9.81. The fourth-order valence-electron chi connectivity index (χ4n) is 2.99. The van der Waals surface area contributed by atoms with Gasteiger partial charge in [0.05, 0.1) is 5.52 Å². The van der Waals surface area contributed by atoms with E-state index in [0.717, 1.165) is 24.0 Å². The van der Waals surface area contributed by atoms with E-state index < -0.39 is 0 Å². The van der Waals surface area contributed by atoms with Gasteiger partial charge in [0, 0.05) is 24.5 Å². The van der Waals surface area contributed by atoms with E-state index in [2.05, 4.69) is 20.8 Å². The van der Waals surface area contributed by atoms with E-state index in [-0.39, 0.29) is 5.91 Å². The van der Waals surface area contributed by atoms with Crippen LogP contribution in [-0.2, 0) is 0 Å². The van der Waals surface area contributed by atoms with Crippen molar-refractivity contribution in [2.24, 2.45) is 11.8 Å². The summed E-state index contributed by atoms with van der Waals surface area (Å²) in [4.78, 5) is 12.2. The van der Waals surface area contributed by atoms with Crippen molar-refractivity contribution in [1.29, 1.82) is 0 Å². The maximum atomic E-state index is 12.2. The van der Waals surface area contributed by atoms with E-state index in [1.54, 1.807) is 0 Å². The van der Waals surface area contributed by atoms with Crippen LogP contribution in [0.4, 0.5) is 0 Å². The highest BCUT2D eigenvalue weighted by Gasteiger charge is 2.53. The Bertz CT molecular complexity index is 610. The molecule has 1 aliphatic heterocycles.